The Bertz CT molecular complexity index is 953. The molecule has 3 rings (SSSR count). The highest BCUT2D eigenvalue weighted by molar-refractivity contribution is 9.09. The van der Waals surface area contributed by atoms with Crippen LogP contribution in [0.5, 0.6) is 5.75 Å². The van der Waals surface area contributed by atoms with Crippen LogP contribution in [0.3, 0.4) is 0 Å². The maximum atomic E-state index is 9.98. The van der Waals surface area contributed by atoms with Crippen LogP contribution < -0.4 is 0 Å². The molecular formula is C28H31BrO2. The van der Waals surface area contributed by atoms with Crippen molar-refractivity contribution in [3.05, 3.63) is 88.7 Å². The third-order valence-corrected chi connectivity index (χ3v) is 6.48. The van der Waals surface area contributed by atoms with Crippen LogP contribution in [0.15, 0.2) is 72.0 Å². The second-order valence-electron chi connectivity index (χ2n) is 8.06. The maximum absolute atomic E-state index is 9.98. The molecule has 0 aromatic heterocycles. The number of hydrogen-bond donors (Lipinski definition) is 1. The van der Waals surface area contributed by atoms with E-state index in [0.717, 1.165) is 49.0 Å². The summed E-state index contributed by atoms with van der Waals surface area (Å²) in [5, 5.41) is 11.0. The minimum absolute atomic E-state index is 0.0831. The van der Waals surface area contributed by atoms with Crippen molar-refractivity contribution in [2.75, 3.05) is 11.9 Å². The number of hydrogen-bond acceptors (Lipinski definition) is 2. The van der Waals surface area contributed by atoms with E-state index in [4.69, 9.17) is 11.2 Å². The monoisotopic (exact) mass is 478 g/mol. The van der Waals surface area contributed by atoms with Gasteiger partial charge in [0.1, 0.15) is 5.75 Å². The molecule has 0 heterocycles. The van der Waals surface area contributed by atoms with E-state index >= 15 is 0 Å². The lowest BCUT2D eigenvalue weighted by Gasteiger charge is -2.34. The van der Waals surface area contributed by atoms with Gasteiger partial charge in [0.05, 0.1) is 12.4 Å². The number of terminal acetylenes is 1. The summed E-state index contributed by atoms with van der Waals surface area (Å²) in [5.74, 6) is 4.54. The van der Waals surface area contributed by atoms with E-state index in [0.29, 0.717) is 11.7 Å². The van der Waals surface area contributed by atoms with Crippen LogP contribution in [-0.4, -0.2) is 17.0 Å². The molecule has 0 fully saturated rings. The first-order valence-electron chi connectivity index (χ1n) is 11.0. The van der Waals surface area contributed by atoms with Crippen LogP contribution in [0, 0.1) is 12.3 Å². The molecule has 1 N–H and O–H groups in total. The largest absolute Gasteiger partial charge is 0.508 e. The van der Waals surface area contributed by atoms with Gasteiger partial charge < -0.3 is 9.84 Å². The van der Waals surface area contributed by atoms with Gasteiger partial charge in [0.25, 0.3) is 0 Å². The number of alkyl halides is 1. The smallest absolute Gasteiger partial charge is 0.115 e. The Morgan fingerprint density at radius 3 is 2.71 bits per heavy atom. The molecule has 0 saturated carbocycles. The lowest BCUT2D eigenvalue weighted by Crippen LogP contribution is -2.20. The molecule has 0 spiro atoms. The normalized spacial score (nSPS) is 18.9. The van der Waals surface area contributed by atoms with Crippen LogP contribution >= 0.6 is 15.9 Å². The molecular weight excluding hydrogens is 448 g/mol. The number of phenolic OH excluding ortho intramolecular Hbond substituents is 1. The van der Waals surface area contributed by atoms with E-state index in [1.165, 1.54) is 23.1 Å². The summed E-state index contributed by atoms with van der Waals surface area (Å²) >= 11 is 3.46. The quantitative estimate of drug-likeness (QED) is 0.135. The summed E-state index contributed by atoms with van der Waals surface area (Å²) in [4.78, 5) is 0. The van der Waals surface area contributed by atoms with Crippen LogP contribution in [0.4, 0.5) is 0 Å². The molecule has 2 nitrogen and oxygen atoms in total. The zero-order valence-electron chi connectivity index (χ0n) is 18.2. The average molecular weight is 479 g/mol. The molecule has 0 unspecified atom stereocenters. The minimum Gasteiger partial charge on any atom is -0.508 e. The topological polar surface area (TPSA) is 29.5 Å². The molecule has 0 radical (unpaired) electrons. The highest BCUT2D eigenvalue weighted by Gasteiger charge is 2.32. The van der Waals surface area contributed by atoms with Crippen molar-refractivity contribution in [3.63, 3.8) is 0 Å². The molecule has 1 aliphatic rings. The first-order chi connectivity index (χ1) is 15.1. The van der Waals surface area contributed by atoms with Crippen molar-refractivity contribution >= 4 is 15.9 Å². The van der Waals surface area contributed by atoms with E-state index in [-0.39, 0.29) is 5.92 Å². The van der Waals surface area contributed by atoms with Gasteiger partial charge in [0.15, 0.2) is 0 Å². The van der Waals surface area contributed by atoms with Gasteiger partial charge in [-0.2, -0.15) is 0 Å². The van der Waals surface area contributed by atoms with Crippen molar-refractivity contribution in [2.45, 2.75) is 50.9 Å². The Morgan fingerprint density at radius 2 is 1.97 bits per heavy atom. The molecule has 0 bridgehead atoms. The number of rotatable bonds is 9. The van der Waals surface area contributed by atoms with Crippen LogP contribution in [0.1, 0.15) is 61.1 Å². The van der Waals surface area contributed by atoms with Crippen molar-refractivity contribution in [1.29, 1.82) is 0 Å². The fourth-order valence-corrected chi connectivity index (χ4v) is 4.75. The Balaban J connectivity index is 1.87. The van der Waals surface area contributed by atoms with E-state index in [1.54, 1.807) is 6.07 Å². The third-order valence-electron chi connectivity index (χ3n) is 5.92. The number of halogens is 1. The molecule has 0 aliphatic heterocycles. The summed E-state index contributed by atoms with van der Waals surface area (Å²) in [6.45, 7) is 2.71. The first kappa shape index (κ1) is 23.2. The zero-order valence-corrected chi connectivity index (χ0v) is 19.8. The lowest BCUT2D eigenvalue weighted by atomic mass is 9.69. The Morgan fingerprint density at radius 1 is 1.16 bits per heavy atom. The third kappa shape index (κ3) is 6.28. The summed E-state index contributed by atoms with van der Waals surface area (Å²) < 4.78 is 5.87. The predicted molar refractivity (Wildman–Crippen MR) is 133 cm³/mol. The molecule has 2 aromatic rings. The first-order valence-corrected chi connectivity index (χ1v) is 12.2. The van der Waals surface area contributed by atoms with Crippen LogP contribution in [0.2, 0.25) is 0 Å². The summed E-state index contributed by atoms with van der Waals surface area (Å²) in [5.41, 5.74) is 4.64. The van der Waals surface area contributed by atoms with E-state index in [9.17, 15) is 5.11 Å². The molecule has 3 heteroatoms. The fraction of sp³-hybridized carbons (Fsp3) is 0.357. The Labute approximate surface area is 195 Å². The number of ether oxygens (including phenoxy) is 1. The van der Waals surface area contributed by atoms with E-state index < -0.39 is 0 Å². The fourth-order valence-electron chi connectivity index (χ4n) is 4.35. The maximum Gasteiger partial charge on any atom is 0.115 e. The zero-order chi connectivity index (χ0) is 22.1. The lowest BCUT2D eigenvalue weighted by molar-refractivity contribution is 0.208. The number of allylic oxidation sites excluding steroid dienone is 4. The Kier molecular flexibility index (Phi) is 8.85. The minimum atomic E-state index is 0.0831. The van der Waals surface area contributed by atoms with Gasteiger partial charge in [0, 0.05) is 16.8 Å². The summed E-state index contributed by atoms with van der Waals surface area (Å²) in [7, 11) is 0. The molecule has 0 amide bonds. The predicted octanol–water partition coefficient (Wildman–Crippen LogP) is 7.25. The standard InChI is InChI=1S/C28H31BrO2/c1-3-22(13-12-21(2)31-19-9-5-8-18-29)28-26(23-10-6-4-7-11-23)16-14-24-20-25(30)15-17-27(24)28/h1,4,6-7,10-13,15,17,20,26,28,30H,5,8-9,14,16,18-19H2,2H3/b21-12+,22-13+/t26-,28+/m0/s1. The van der Waals surface area contributed by atoms with Crippen LogP contribution in [0.25, 0.3) is 0 Å². The van der Waals surface area contributed by atoms with Gasteiger partial charge in [-0.3, -0.25) is 0 Å². The van der Waals surface area contributed by atoms with Gasteiger partial charge in [0.2, 0.25) is 0 Å². The van der Waals surface area contributed by atoms with Crippen molar-refractivity contribution < 1.29 is 9.84 Å². The SMILES string of the molecule is C#C/C(=C\C=C(/C)OCCCCCBr)[C@H]1c2ccc(O)cc2CC[C@H]1c1ccccc1. The van der Waals surface area contributed by atoms with Gasteiger partial charge in [-0.05, 0) is 85.9 Å². The van der Waals surface area contributed by atoms with Crippen molar-refractivity contribution in [1.82, 2.24) is 0 Å². The number of benzene rings is 2. The van der Waals surface area contributed by atoms with Gasteiger partial charge >= 0.3 is 0 Å². The molecule has 31 heavy (non-hydrogen) atoms. The van der Waals surface area contributed by atoms with Gasteiger partial charge in [-0.25, -0.2) is 0 Å². The number of fused-ring (bicyclic) bond motifs is 1. The molecule has 0 saturated heterocycles. The van der Waals surface area contributed by atoms with Crippen molar-refractivity contribution in [3.8, 4) is 18.1 Å². The molecule has 1 aliphatic carbocycles. The number of unbranched alkanes of at least 4 members (excludes halogenated alkanes) is 2. The second-order valence-corrected chi connectivity index (χ2v) is 8.85. The Hall–Kier alpha value is -2.44. The van der Waals surface area contributed by atoms with Crippen molar-refractivity contribution in [2.24, 2.45) is 0 Å². The number of phenols is 1. The average Bonchev–Trinajstić information content (AvgIpc) is 2.79. The number of aromatic hydroxyl groups is 1. The van der Waals surface area contributed by atoms with E-state index in [2.05, 4.69) is 46.1 Å². The van der Waals surface area contributed by atoms with Gasteiger partial charge in [-0.1, -0.05) is 58.2 Å². The summed E-state index contributed by atoms with van der Waals surface area (Å²) in [6.07, 6.45) is 15.4. The molecule has 2 aromatic carbocycles. The van der Waals surface area contributed by atoms with E-state index in [1.807, 2.05) is 37.3 Å². The molecule has 162 valence electrons. The highest BCUT2D eigenvalue weighted by Crippen LogP contribution is 2.46. The summed E-state index contributed by atoms with van der Waals surface area (Å²) in [6, 6.07) is 16.3. The van der Waals surface area contributed by atoms with Gasteiger partial charge in [-0.15, -0.1) is 6.42 Å². The van der Waals surface area contributed by atoms with Crippen LogP contribution in [-0.2, 0) is 11.2 Å². The highest BCUT2D eigenvalue weighted by atomic mass is 79.9. The second kappa shape index (κ2) is 11.8. The molecule has 2 atom stereocenters. The number of aryl methyl sites for hydroxylation is 1.